The Morgan fingerprint density at radius 1 is 1.50 bits per heavy atom. The normalized spacial score (nSPS) is 19.2. The summed E-state index contributed by atoms with van der Waals surface area (Å²) in [5.41, 5.74) is 0. The van der Waals surface area contributed by atoms with Gasteiger partial charge in [0.1, 0.15) is 0 Å². The average molecular weight is 312 g/mol. The Morgan fingerprint density at radius 2 is 2.36 bits per heavy atom. The average Bonchev–Trinajstić information content (AvgIpc) is 2.43. The molecule has 14 heavy (non-hydrogen) atoms. The monoisotopic (exact) mass is 312 g/mol. The van der Waals surface area contributed by atoms with E-state index in [0.717, 1.165) is 32.7 Å². The van der Waals surface area contributed by atoms with Crippen molar-refractivity contribution in [1.82, 2.24) is 13.7 Å². The fourth-order valence-corrected chi connectivity index (χ4v) is 2.41. The topological polar surface area (TPSA) is 44.4 Å². The number of alkyl halides is 1. The number of nitrogens with one attached hydrogen (secondary N) is 2. The zero-order valence-electron chi connectivity index (χ0n) is 8.68. The fraction of sp³-hybridized carbons (Fsp3) is 0.889. The second-order valence-electron chi connectivity index (χ2n) is 3.40. The fourth-order valence-electron chi connectivity index (χ4n) is 1.54. The van der Waals surface area contributed by atoms with Crippen molar-refractivity contribution in [3.05, 3.63) is 0 Å². The molecule has 0 radical (unpaired) electrons. The van der Waals surface area contributed by atoms with Crippen LogP contribution in [0.1, 0.15) is 12.8 Å². The maximum absolute atomic E-state index is 11.2. The van der Waals surface area contributed by atoms with Crippen molar-refractivity contribution >= 4 is 5.91 Å². The molecule has 1 rings (SSSR count). The van der Waals surface area contributed by atoms with E-state index >= 15 is 0 Å². The van der Waals surface area contributed by atoms with Gasteiger partial charge in [-0.15, -0.1) is 0 Å². The molecule has 1 heterocycles. The minimum absolute atomic E-state index is 0.0998. The van der Waals surface area contributed by atoms with Gasteiger partial charge in [-0.1, -0.05) is 0 Å². The van der Waals surface area contributed by atoms with E-state index in [1.807, 2.05) is 0 Å². The molecule has 5 heteroatoms. The number of nitrogens with zero attached hydrogens (tertiary/aromatic N) is 1. The van der Waals surface area contributed by atoms with Gasteiger partial charge in [0.15, 0.2) is 0 Å². The Balaban J connectivity index is 2.12. The van der Waals surface area contributed by atoms with Crippen LogP contribution in [0.3, 0.4) is 0 Å². The summed E-state index contributed by atoms with van der Waals surface area (Å²) in [5.74, 6) is 0.220. The van der Waals surface area contributed by atoms with E-state index in [1.165, 1.54) is 6.42 Å². The zero-order valence-corrected chi connectivity index (χ0v) is 10.8. The van der Waals surface area contributed by atoms with Gasteiger partial charge in [-0.05, 0) is 0 Å². The predicted octanol–water partition coefficient (Wildman–Crippen LogP) is -3.58. The van der Waals surface area contributed by atoms with Crippen LogP contribution < -0.4 is 30.3 Å². The summed E-state index contributed by atoms with van der Waals surface area (Å²) in [6.45, 7) is 5.29. The molecule has 0 unspecified atom stereocenters. The molecule has 0 aromatic carbocycles. The molecule has 0 bridgehead atoms. The van der Waals surface area contributed by atoms with Crippen LogP contribution in [-0.4, -0.2) is 48.5 Å². The van der Waals surface area contributed by atoms with Crippen LogP contribution in [0.2, 0.25) is 0 Å². The first-order valence-corrected chi connectivity index (χ1v) is 8.27. The van der Waals surface area contributed by atoms with E-state index in [2.05, 4.69) is 18.7 Å². The van der Waals surface area contributed by atoms with Crippen LogP contribution in [0.15, 0.2) is 0 Å². The van der Waals surface area contributed by atoms with E-state index in [9.17, 15) is 4.79 Å². The summed E-state index contributed by atoms with van der Waals surface area (Å²) in [5, 5.41) is 3.35. The van der Waals surface area contributed by atoms with Crippen molar-refractivity contribution in [2.24, 2.45) is 0 Å². The number of hydrogen-bond acceptors (Lipinski definition) is 3. The number of rotatable bonds is 4. The molecule has 1 amide bonds. The molecule has 1 fully saturated rings. The molecule has 0 atom stereocenters. The van der Waals surface area contributed by atoms with Gasteiger partial charge in [0, 0.05) is 0 Å². The van der Waals surface area contributed by atoms with Crippen LogP contribution in [0.25, 0.3) is 0 Å². The number of hydrogen-bond donors (Lipinski definition) is 2. The van der Waals surface area contributed by atoms with Crippen molar-refractivity contribution in [2.75, 3.05) is 37.7 Å². The van der Waals surface area contributed by atoms with Gasteiger partial charge in [0.2, 0.25) is 0 Å². The van der Waals surface area contributed by atoms with E-state index in [-0.39, 0.29) is 27.4 Å². The molecule has 1 saturated heterocycles. The summed E-state index contributed by atoms with van der Waals surface area (Å²) in [6.07, 6.45) is 1.86. The van der Waals surface area contributed by atoms with E-state index in [0.29, 0.717) is 6.42 Å². The molecule has 84 valence electrons. The Morgan fingerprint density at radius 3 is 3.14 bits per heavy atom. The summed E-state index contributed by atoms with van der Waals surface area (Å²) >= 11 is -0.0998. The first-order valence-electron chi connectivity index (χ1n) is 5.03. The number of carbonyl (C=O) groups excluding carboxylic acids is 1. The second kappa shape index (κ2) is 7.42. The van der Waals surface area contributed by atoms with Gasteiger partial charge in [-0.3, -0.25) is 0 Å². The van der Waals surface area contributed by atoms with Gasteiger partial charge < -0.3 is 0 Å². The summed E-state index contributed by atoms with van der Waals surface area (Å²) in [7, 11) is 0. The number of carbonyl (C=O) groups is 1. The molecule has 1 aliphatic heterocycles. The Labute approximate surface area is 96.4 Å². The van der Waals surface area contributed by atoms with Crippen LogP contribution in [0.4, 0.5) is 0 Å². The van der Waals surface area contributed by atoms with Crippen LogP contribution in [0.5, 0.6) is 0 Å². The molecule has 0 saturated carbocycles. The third-order valence-electron chi connectivity index (χ3n) is 2.29. The molecule has 0 aliphatic carbocycles. The zero-order chi connectivity index (χ0) is 10.2. The molecule has 0 aromatic rings. The van der Waals surface area contributed by atoms with Crippen LogP contribution in [-0.2, 0) is 4.79 Å². The van der Waals surface area contributed by atoms with Crippen molar-refractivity contribution in [2.45, 2.75) is 12.8 Å². The van der Waals surface area contributed by atoms with Crippen molar-refractivity contribution in [1.29, 1.82) is 0 Å². The minimum atomic E-state index is -0.0998. The Kier molecular flexibility index (Phi) is 6.46. The first kappa shape index (κ1) is 12.2. The van der Waals surface area contributed by atoms with Gasteiger partial charge in [-0.2, -0.15) is 0 Å². The standard InChI is InChI=1S/C9H19IN3O/c1-10-12-9(14)3-7-13-6-2-4-11-5-8-13/h11H,2-8H2,1H3,(H,12,14)/q-1. The van der Waals surface area contributed by atoms with Crippen molar-refractivity contribution < 1.29 is 26.3 Å². The summed E-state index contributed by atoms with van der Waals surface area (Å²) in [6, 6.07) is 0. The maximum atomic E-state index is 11.2. The van der Waals surface area contributed by atoms with Crippen molar-refractivity contribution in [3.8, 4) is 0 Å². The molecule has 1 aliphatic rings. The molecular weight excluding hydrogens is 293 g/mol. The summed E-state index contributed by atoms with van der Waals surface area (Å²) in [4.78, 5) is 15.7. The number of amides is 1. The third-order valence-corrected chi connectivity index (χ3v) is 3.43. The molecular formula is C9H19IN3O-. The van der Waals surface area contributed by atoms with Gasteiger partial charge in [0.05, 0.1) is 0 Å². The molecule has 0 spiro atoms. The molecule has 2 N–H and O–H groups in total. The predicted molar refractivity (Wildman–Crippen MR) is 52.6 cm³/mol. The molecule has 4 nitrogen and oxygen atoms in total. The van der Waals surface area contributed by atoms with E-state index < -0.39 is 0 Å². The van der Waals surface area contributed by atoms with E-state index in [4.69, 9.17) is 0 Å². The van der Waals surface area contributed by atoms with Gasteiger partial charge >= 0.3 is 96.4 Å². The quantitative estimate of drug-likeness (QED) is 0.321. The van der Waals surface area contributed by atoms with Gasteiger partial charge in [-0.25, -0.2) is 0 Å². The Hall–Kier alpha value is 0.120. The van der Waals surface area contributed by atoms with Gasteiger partial charge in [0.25, 0.3) is 0 Å². The van der Waals surface area contributed by atoms with Crippen LogP contribution >= 0.6 is 0 Å². The van der Waals surface area contributed by atoms with Crippen molar-refractivity contribution in [3.63, 3.8) is 0 Å². The first-order chi connectivity index (χ1) is 6.83. The second-order valence-corrected chi connectivity index (χ2v) is 5.02. The van der Waals surface area contributed by atoms with E-state index in [1.54, 1.807) is 0 Å². The summed E-state index contributed by atoms with van der Waals surface area (Å²) < 4.78 is 2.93. The van der Waals surface area contributed by atoms with Crippen LogP contribution in [0, 0.1) is 0 Å². The number of halogens is 1. The Bertz CT molecular complexity index is 169. The molecule has 0 aromatic heterocycles. The SMILES string of the molecule is C[I-]NC(=O)CCN1CCCNCC1. The third kappa shape index (κ3) is 5.11.